The van der Waals surface area contributed by atoms with Gasteiger partial charge in [0.2, 0.25) is 0 Å². The van der Waals surface area contributed by atoms with Gasteiger partial charge in [-0.2, -0.15) is 0 Å². The summed E-state index contributed by atoms with van der Waals surface area (Å²) >= 11 is 0. The minimum Gasteiger partial charge on any atom is -0.481 e. The minimum atomic E-state index is -0.861. The van der Waals surface area contributed by atoms with Gasteiger partial charge in [-0.05, 0) is 32.1 Å². The van der Waals surface area contributed by atoms with E-state index in [0.717, 1.165) is 12.8 Å². The molecule has 0 saturated carbocycles. The van der Waals surface area contributed by atoms with Gasteiger partial charge in [0.15, 0.2) is 0 Å². The minimum absolute atomic E-state index is 0.0474. The van der Waals surface area contributed by atoms with E-state index in [0.29, 0.717) is 25.2 Å². The van der Waals surface area contributed by atoms with Gasteiger partial charge in [-0.15, -0.1) is 0 Å². The van der Waals surface area contributed by atoms with Crippen LogP contribution < -0.4 is 0 Å². The summed E-state index contributed by atoms with van der Waals surface area (Å²) in [7, 11) is 0. The van der Waals surface area contributed by atoms with Gasteiger partial charge in [0.1, 0.15) is 0 Å². The number of aliphatic carboxylic acids is 2. The maximum atomic E-state index is 11.3. The molecule has 17 heavy (non-hydrogen) atoms. The molecule has 0 rings (SSSR count). The SMILES string of the molecule is CCC(CC)CC(C)(CCCC(=O)O)C(=O)O. The Kier molecular flexibility index (Phi) is 6.85. The summed E-state index contributed by atoms with van der Waals surface area (Å²) in [4.78, 5) is 21.8. The Balaban J connectivity index is 4.45. The number of hydrogen-bond donors (Lipinski definition) is 2. The highest BCUT2D eigenvalue weighted by molar-refractivity contribution is 5.74. The highest BCUT2D eigenvalue weighted by atomic mass is 16.4. The van der Waals surface area contributed by atoms with Gasteiger partial charge >= 0.3 is 11.9 Å². The van der Waals surface area contributed by atoms with Crippen LogP contribution in [-0.4, -0.2) is 22.2 Å². The Morgan fingerprint density at radius 2 is 1.71 bits per heavy atom. The highest BCUT2D eigenvalue weighted by Crippen LogP contribution is 2.34. The monoisotopic (exact) mass is 244 g/mol. The van der Waals surface area contributed by atoms with E-state index < -0.39 is 17.4 Å². The lowest BCUT2D eigenvalue weighted by Gasteiger charge is -2.28. The van der Waals surface area contributed by atoms with Crippen LogP contribution in [-0.2, 0) is 9.59 Å². The van der Waals surface area contributed by atoms with Crippen LogP contribution in [0.25, 0.3) is 0 Å². The highest BCUT2D eigenvalue weighted by Gasteiger charge is 2.34. The largest absolute Gasteiger partial charge is 0.481 e. The molecular formula is C13H24O4. The molecule has 0 heterocycles. The Labute approximate surface area is 103 Å². The molecule has 0 bridgehead atoms. The molecule has 0 aliphatic rings. The summed E-state index contributed by atoms with van der Waals surface area (Å²) in [6.45, 7) is 5.86. The molecule has 0 saturated heterocycles. The van der Waals surface area contributed by atoms with E-state index in [1.54, 1.807) is 6.92 Å². The standard InChI is InChI=1S/C13H24O4/c1-4-10(5-2)9-13(3,12(16)17)8-6-7-11(14)15/h10H,4-9H2,1-3H3,(H,14,15)(H,16,17). The van der Waals surface area contributed by atoms with E-state index in [1.165, 1.54) is 0 Å². The molecule has 0 aliphatic heterocycles. The van der Waals surface area contributed by atoms with Crippen LogP contribution in [0.15, 0.2) is 0 Å². The third-order valence-electron chi connectivity index (χ3n) is 3.53. The number of hydrogen-bond acceptors (Lipinski definition) is 2. The second kappa shape index (κ2) is 7.30. The van der Waals surface area contributed by atoms with Gasteiger partial charge in [0, 0.05) is 6.42 Å². The zero-order valence-corrected chi connectivity index (χ0v) is 11.0. The average Bonchev–Trinajstić information content (AvgIpc) is 2.25. The van der Waals surface area contributed by atoms with Gasteiger partial charge in [0.25, 0.3) is 0 Å². The zero-order valence-electron chi connectivity index (χ0n) is 11.0. The van der Waals surface area contributed by atoms with E-state index in [2.05, 4.69) is 13.8 Å². The van der Waals surface area contributed by atoms with Crippen molar-refractivity contribution in [3.8, 4) is 0 Å². The molecule has 4 heteroatoms. The second-order valence-electron chi connectivity index (χ2n) is 5.00. The van der Waals surface area contributed by atoms with Crippen LogP contribution in [0.4, 0.5) is 0 Å². The Hall–Kier alpha value is -1.06. The van der Waals surface area contributed by atoms with Gasteiger partial charge < -0.3 is 10.2 Å². The molecule has 0 amide bonds. The van der Waals surface area contributed by atoms with E-state index >= 15 is 0 Å². The fourth-order valence-electron chi connectivity index (χ4n) is 2.14. The molecule has 1 unspecified atom stereocenters. The van der Waals surface area contributed by atoms with Crippen molar-refractivity contribution in [3.05, 3.63) is 0 Å². The maximum absolute atomic E-state index is 11.3. The van der Waals surface area contributed by atoms with Crippen LogP contribution in [0.5, 0.6) is 0 Å². The number of carboxylic acids is 2. The van der Waals surface area contributed by atoms with Crippen LogP contribution >= 0.6 is 0 Å². The molecule has 1 atom stereocenters. The van der Waals surface area contributed by atoms with Crippen molar-refractivity contribution in [2.45, 2.75) is 59.3 Å². The quantitative estimate of drug-likeness (QED) is 0.653. The zero-order chi connectivity index (χ0) is 13.5. The molecule has 0 radical (unpaired) electrons. The molecule has 0 spiro atoms. The summed E-state index contributed by atoms with van der Waals surface area (Å²) < 4.78 is 0. The Bertz CT molecular complexity index is 258. The first-order valence-electron chi connectivity index (χ1n) is 6.31. The van der Waals surface area contributed by atoms with E-state index in [4.69, 9.17) is 5.11 Å². The van der Waals surface area contributed by atoms with E-state index in [-0.39, 0.29) is 6.42 Å². The molecule has 4 nitrogen and oxygen atoms in total. The fourth-order valence-corrected chi connectivity index (χ4v) is 2.14. The Morgan fingerprint density at radius 1 is 1.18 bits per heavy atom. The third-order valence-corrected chi connectivity index (χ3v) is 3.53. The molecular weight excluding hydrogens is 220 g/mol. The Morgan fingerprint density at radius 3 is 2.06 bits per heavy atom. The molecule has 0 aromatic rings. The van der Waals surface area contributed by atoms with Crippen LogP contribution in [0.1, 0.15) is 59.3 Å². The summed E-state index contributed by atoms with van der Waals surface area (Å²) in [5.74, 6) is -1.27. The molecule has 0 aromatic carbocycles. The molecule has 0 aliphatic carbocycles. The van der Waals surface area contributed by atoms with E-state index in [9.17, 15) is 14.7 Å². The number of carbonyl (C=O) groups is 2. The first-order valence-corrected chi connectivity index (χ1v) is 6.31. The van der Waals surface area contributed by atoms with Gasteiger partial charge in [-0.3, -0.25) is 9.59 Å². The van der Waals surface area contributed by atoms with Gasteiger partial charge in [-0.1, -0.05) is 26.7 Å². The van der Waals surface area contributed by atoms with E-state index in [1.807, 2.05) is 0 Å². The predicted molar refractivity (Wildman–Crippen MR) is 65.9 cm³/mol. The lowest BCUT2D eigenvalue weighted by atomic mass is 9.75. The smallest absolute Gasteiger partial charge is 0.309 e. The normalized spacial score (nSPS) is 14.6. The molecule has 0 fully saturated rings. The van der Waals surface area contributed by atoms with Crippen molar-refractivity contribution < 1.29 is 19.8 Å². The van der Waals surface area contributed by atoms with Crippen molar-refractivity contribution in [2.24, 2.45) is 11.3 Å². The summed E-state index contributed by atoms with van der Waals surface area (Å²) in [5.41, 5.74) is -0.786. The number of rotatable bonds is 9. The first-order chi connectivity index (χ1) is 7.85. The average molecular weight is 244 g/mol. The second-order valence-corrected chi connectivity index (χ2v) is 5.00. The van der Waals surface area contributed by atoms with Crippen LogP contribution in [0.3, 0.4) is 0 Å². The first kappa shape index (κ1) is 15.9. The number of carboxylic acid groups (broad SMARTS) is 2. The molecule has 0 aromatic heterocycles. The third kappa shape index (κ3) is 5.71. The summed E-state index contributed by atoms with van der Waals surface area (Å²) in [5, 5.41) is 17.9. The maximum Gasteiger partial charge on any atom is 0.309 e. The van der Waals surface area contributed by atoms with Crippen molar-refractivity contribution in [2.75, 3.05) is 0 Å². The van der Waals surface area contributed by atoms with Crippen molar-refractivity contribution >= 4 is 11.9 Å². The predicted octanol–water partition coefficient (Wildman–Crippen LogP) is 3.16. The topological polar surface area (TPSA) is 74.6 Å². The van der Waals surface area contributed by atoms with Gasteiger partial charge in [0.05, 0.1) is 5.41 Å². The lowest BCUT2D eigenvalue weighted by molar-refractivity contribution is -0.150. The summed E-state index contributed by atoms with van der Waals surface area (Å²) in [6.07, 6.45) is 3.49. The fraction of sp³-hybridized carbons (Fsp3) is 0.846. The lowest BCUT2D eigenvalue weighted by Crippen LogP contribution is -2.30. The molecule has 2 N–H and O–H groups in total. The van der Waals surface area contributed by atoms with Gasteiger partial charge in [-0.25, -0.2) is 0 Å². The molecule has 100 valence electrons. The van der Waals surface area contributed by atoms with Crippen molar-refractivity contribution in [1.82, 2.24) is 0 Å². The van der Waals surface area contributed by atoms with Crippen molar-refractivity contribution in [3.63, 3.8) is 0 Å². The van der Waals surface area contributed by atoms with Crippen molar-refractivity contribution in [1.29, 1.82) is 0 Å². The summed E-state index contributed by atoms with van der Waals surface area (Å²) in [6, 6.07) is 0. The van der Waals surface area contributed by atoms with Crippen LogP contribution in [0, 0.1) is 11.3 Å². The van der Waals surface area contributed by atoms with Crippen LogP contribution in [0.2, 0.25) is 0 Å².